The molecule has 2 rings (SSSR count). The van der Waals surface area contributed by atoms with Crippen molar-refractivity contribution in [3.05, 3.63) is 28.2 Å². The first-order valence-electron chi connectivity index (χ1n) is 7.22. The lowest BCUT2D eigenvalue weighted by Gasteiger charge is -2.25. The van der Waals surface area contributed by atoms with Crippen molar-refractivity contribution in [2.45, 2.75) is 25.4 Å². The molecule has 0 saturated carbocycles. The zero-order chi connectivity index (χ0) is 15.2. The minimum Gasteiger partial charge on any atom is -0.372 e. The first-order chi connectivity index (χ1) is 10.0. The zero-order valence-electron chi connectivity index (χ0n) is 12.1. The monoisotopic (exact) mass is 331 g/mol. The summed E-state index contributed by atoms with van der Waals surface area (Å²) in [7, 11) is 2.01. The van der Waals surface area contributed by atoms with Crippen LogP contribution in [0.5, 0.6) is 0 Å². The van der Waals surface area contributed by atoms with Crippen LogP contribution < -0.4 is 10.2 Å². The van der Waals surface area contributed by atoms with Crippen LogP contribution in [0.4, 0.5) is 5.69 Å². The third kappa shape index (κ3) is 5.47. The summed E-state index contributed by atoms with van der Waals surface area (Å²) in [5.74, 6) is -0.0401. The number of amides is 1. The van der Waals surface area contributed by atoms with Gasteiger partial charge in [-0.2, -0.15) is 0 Å². The molecule has 1 saturated heterocycles. The standard InChI is InChI=1S/C15H20Cl2N2O2/c1-19(9-12-4-2-3-7-21-12)10-15(20)18-11-5-6-13(16)14(17)8-11/h5-6,8,12H,2-4,7,9-10H2,1H3,(H,18,20)/p+1/t12-/m0/s1. The van der Waals surface area contributed by atoms with E-state index >= 15 is 0 Å². The quantitative estimate of drug-likeness (QED) is 0.866. The fourth-order valence-electron chi connectivity index (χ4n) is 2.48. The lowest BCUT2D eigenvalue weighted by molar-refractivity contribution is -0.874. The highest BCUT2D eigenvalue weighted by Gasteiger charge is 2.20. The predicted molar refractivity (Wildman–Crippen MR) is 85.3 cm³/mol. The van der Waals surface area contributed by atoms with Gasteiger partial charge in [-0.05, 0) is 37.5 Å². The van der Waals surface area contributed by atoms with Crippen LogP contribution in [0, 0.1) is 0 Å². The molecule has 0 bridgehead atoms. The second-order valence-electron chi connectivity index (χ2n) is 5.50. The first-order valence-corrected chi connectivity index (χ1v) is 7.98. The van der Waals surface area contributed by atoms with Crippen molar-refractivity contribution in [2.24, 2.45) is 0 Å². The number of halogens is 2. The van der Waals surface area contributed by atoms with Gasteiger partial charge in [0.05, 0.1) is 17.1 Å². The van der Waals surface area contributed by atoms with Crippen molar-refractivity contribution in [3.8, 4) is 0 Å². The molecule has 1 aliphatic rings. The van der Waals surface area contributed by atoms with Crippen molar-refractivity contribution in [1.82, 2.24) is 0 Å². The Kier molecular flexibility index (Phi) is 6.30. The zero-order valence-corrected chi connectivity index (χ0v) is 13.6. The Hall–Kier alpha value is -0.810. The van der Waals surface area contributed by atoms with Gasteiger partial charge >= 0.3 is 0 Å². The van der Waals surface area contributed by atoms with E-state index in [2.05, 4.69) is 5.32 Å². The van der Waals surface area contributed by atoms with Crippen molar-refractivity contribution >= 4 is 34.8 Å². The Morgan fingerprint density at radius 1 is 1.38 bits per heavy atom. The van der Waals surface area contributed by atoms with E-state index in [4.69, 9.17) is 27.9 Å². The Labute approximate surface area is 135 Å². The number of quaternary nitrogens is 1. The molecule has 21 heavy (non-hydrogen) atoms. The number of carbonyl (C=O) groups is 1. The molecular formula is C15H21Cl2N2O2+. The molecule has 0 aliphatic carbocycles. The molecule has 116 valence electrons. The molecule has 1 amide bonds. The van der Waals surface area contributed by atoms with Gasteiger partial charge in [-0.15, -0.1) is 0 Å². The second-order valence-corrected chi connectivity index (χ2v) is 6.32. The van der Waals surface area contributed by atoms with E-state index < -0.39 is 0 Å². The summed E-state index contributed by atoms with van der Waals surface area (Å²) in [6, 6.07) is 5.07. The number of hydrogen-bond acceptors (Lipinski definition) is 2. The van der Waals surface area contributed by atoms with Gasteiger partial charge in [0, 0.05) is 12.3 Å². The molecule has 1 aliphatic heterocycles. The number of likely N-dealkylation sites (N-methyl/N-ethyl adjacent to an activating group) is 1. The molecule has 0 aromatic heterocycles. The Balaban J connectivity index is 1.78. The second kappa shape index (κ2) is 7.99. The minimum absolute atomic E-state index is 0.0401. The summed E-state index contributed by atoms with van der Waals surface area (Å²) in [4.78, 5) is 13.2. The molecule has 0 radical (unpaired) electrons. The van der Waals surface area contributed by atoms with Crippen molar-refractivity contribution in [1.29, 1.82) is 0 Å². The van der Waals surface area contributed by atoms with Gasteiger partial charge in [-0.3, -0.25) is 4.79 Å². The van der Waals surface area contributed by atoms with Crippen LogP contribution in [-0.4, -0.2) is 38.8 Å². The minimum atomic E-state index is -0.0401. The lowest BCUT2D eigenvalue weighted by Crippen LogP contribution is -3.11. The number of benzene rings is 1. The summed E-state index contributed by atoms with van der Waals surface area (Å²) in [5, 5.41) is 3.75. The summed E-state index contributed by atoms with van der Waals surface area (Å²) >= 11 is 11.8. The van der Waals surface area contributed by atoms with E-state index in [1.54, 1.807) is 18.2 Å². The predicted octanol–water partition coefficient (Wildman–Crippen LogP) is 2.02. The fourth-order valence-corrected chi connectivity index (χ4v) is 2.78. The van der Waals surface area contributed by atoms with Crippen molar-refractivity contribution < 1.29 is 14.4 Å². The summed E-state index contributed by atoms with van der Waals surface area (Å²) < 4.78 is 5.69. The smallest absolute Gasteiger partial charge is 0.279 e. The molecule has 1 unspecified atom stereocenters. The van der Waals surface area contributed by atoms with Crippen LogP contribution in [-0.2, 0) is 9.53 Å². The van der Waals surface area contributed by atoms with E-state index in [1.165, 1.54) is 6.42 Å². The lowest BCUT2D eigenvalue weighted by atomic mass is 10.1. The van der Waals surface area contributed by atoms with E-state index in [1.807, 2.05) is 7.05 Å². The maximum absolute atomic E-state index is 12.0. The van der Waals surface area contributed by atoms with Gasteiger partial charge in [-0.25, -0.2) is 0 Å². The molecule has 1 aromatic carbocycles. The fraction of sp³-hybridized carbons (Fsp3) is 0.533. The molecule has 1 heterocycles. The Morgan fingerprint density at radius 3 is 2.86 bits per heavy atom. The third-order valence-corrected chi connectivity index (χ3v) is 4.25. The average molecular weight is 332 g/mol. The van der Waals surface area contributed by atoms with Crippen LogP contribution in [0.25, 0.3) is 0 Å². The van der Waals surface area contributed by atoms with E-state index in [0.29, 0.717) is 22.3 Å². The number of ether oxygens (including phenoxy) is 1. The van der Waals surface area contributed by atoms with Crippen LogP contribution >= 0.6 is 23.2 Å². The van der Waals surface area contributed by atoms with Gasteiger partial charge in [-0.1, -0.05) is 23.2 Å². The topological polar surface area (TPSA) is 42.8 Å². The molecule has 1 aromatic rings. The molecule has 0 spiro atoms. The van der Waals surface area contributed by atoms with E-state index in [0.717, 1.165) is 30.9 Å². The van der Waals surface area contributed by atoms with Gasteiger partial charge in [0.15, 0.2) is 6.54 Å². The summed E-state index contributed by atoms with van der Waals surface area (Å²) in [5.41, 5.74) is 0.663. The highest BCUT2D eigenvalue weighted by atomic mass is 35.5. The van der Waals surface area contributed by atoms with Crippen LogP contribution in [0.2, 0.25) is 10.0 Å². The average Bonchev–Trinajstić information content (AvgIpc) is 2.43. The number of hydrogen-bond donors (Lipinski definition) is 2. The number of nitrogens with one attached hydrogen (secondary N) is 2. The normalized spacial score (nSPS) is 20.0. The molecule has 4 nitrogen and oxygen atoms in total. The van der Waals surface area contributed by atoms with Crippen LogP contribution in [0.15, 0.2) is 18.2 Å². The highest BCUT2D eigenvalue weighted by Crippen LogP contribution is 2.24. The molecular weight excluding hydrogens is 311 g/mol. The molecule has 2 atom stereocenters. The van der Waals surface area contributed by atoms with Crippen molar-refractivity contribution in [3.63, 3.8) is 0 Å². The Morgan fingerprint density at radius 2 is 2.19 bits per heavy atom. The van der Waals surface area contributed by atoms with Gasteiger partial charge < -0.3 is 15.0 Å². The summed E-state index contributed by atoms with van der Waals surface area (Å²) in [6.07, 6.45) is 3.73. The number of anilines is 1. The molecule has 1 fully saturated rings. The largest absolute Gasteiger partial charge is 0.372 e. The van der Waals surface area contributed by atoms with E-state index in [-0.39, 0.29) is 12.0 Å². The van der Waals surface area contributed by atoms with Gasteiger partial charge in [0.2, 0.25) is 0 Å². The molecule has 2 N–H and O–H groups in total. The highest BCUT2D eigenvalue weighted by molar-refractivity contribution is 6.42. The van der Waals surface area contributed by atoms with Crippen molar-refractivity contribution in [2.75, 3.05) is 32.1 Å². The molecule has 6 heteroatoms. The Bertz CT molecular complexity index is 491. The first kappa shape index (κ1) is 16.6. The van der Waals surface area contributed by atoms with Crippen LogP contribution in [0.3, 0.4) is 0 Å². The third-order valence-electron chi connectivity index (χ3n) is 3.52. The summed E-state index contributed by atoms with van der Waals surface area (Å²) in [6.45, 7) is 2.10. The van der Waals surface area contributed by atoms with Gasteiger partial charge in [0.1, 0.15) is 12.6 Å². The number of carbonyl (C=O) groups excluding carboxylic acids is 1. The maximum Gasteiger partial charge on any atom is 0.279 e. The van der Waals surface area contributed by atoms with Gasteiger partial charge in [0.25, 0.3) is 5.91 Å². The number of rotatable bonds is 5. The maximum atomic E-state index is 12.0. The van der Waals surface area contributed by atoms with Crippen LogP contribution in [0.1, 0.15) is 19.3 Å². The van der Waals surface area contributed by atoms with E-state index in [9.17, 15) is 4.79 Å². The SMILES string of the molecule is C[NH+](CC(=O)Nc1ccc(Cl)c(Cl)c1)C[C@@H]1CCCCO1.